The lowest BCUT2D eigenvalue weighted by Gasteiger charge is -2.06. The molecule has 3 heteroatoms. The van der Waals surface area contributed by atoms with Crippen LogP contribution in [0.4, 0.5) is 0 Å². The molecule has 0 fully saturated rings. The van der Waals surface area contributed by atoms with Gasteiger partial charge in [-0.3, -0.25) is 0 Å². The van der Waals surface area contributed by atoms with Gasteiger partial charge in [0.2, 0.25) is 0 Å². The third-order valence-corrected chi connectivity index (χ3v) is 3.04. The molecular weight excluding hydrogens is 240 g/mol. The molecule has 0 aromatic rings. The molecule has 0 aliphatic carbocycles. The van der Waals surface area contributed by atoms with Crippen molar-refractivity contribution in [2.24, 2.45) is 5.92 Å². The van der Waals surface area contributed by atoms with Crippen molar-refractivity contribution in [1.29, 1.82) is 0 Å². The van der Waals surface area contributed by atoms with Gasteiger partial charge in [0.15, 0.2) is 0 Å². The van der Waals surface area contributed by atoms with Crippen LogP contribution in [0, 0.1) is 17.8 Å². The Bertz CT molecular complexity index is 275. The van der Waals surface area contributed by atoms with Crippen molar-refractivity contribution >= 4 is 0 Å². The van der Waals surface area contributed by atoms with Gasteiger partial charge >= 0.3 is 0 Å². The minimum absolute atomic E-state index is 0.101. The zero-order valence-corrected chi connectivity index (χ0v) is 12.3. The van der Waals surface area contributed by atoms with Crippen LogP contribution >= 0.6 is 0 Å². The molecule has 0 saturated carbocycles. The maximum Gasteiger partial charge on any atom is 0.115 e. The summed E-state index contributed by atoms with van der Waals surface area (Å²) in [6.45, 7) is 4.36. The zero-order valence-electron chi connectivity index (χ0n) is 12.3. The van der Waals surface area contributed by atoms with Crippen LogP contribution in [-0.2, 0) is 4.74 Å². The quantitative estimate of drug-likeness (QED) is 0.364. The first-order valence-electron chi connectivity index (χ1n) is 7.24. The van der Waals surface area contributed by atoms with E-state index in [-0.39, 0.29) is 13.2 Å². The van der Waals surface area contributed by atoms with Gasteiger partial charge in [0.1, 0.15) is 12.7 Å². The molecule has 0 aromatic heterocycles. The molecule has 0 radical (unpaired) electrons. The van der Waals surface area contributed by atoms with E-state index in [4.69, 9.17) is 14.9 Å². The Hall–Kier alpha value is -0.980. The van der Waals surface area contributed by atoms with E-state index in [9.17, 15) is 0 Å². The van der Waals surface area contributed by atoms with E-state index in [0.29, 0.717) is 0 Å². The van der Waals surface area contributed by atoms with Gasteiger partial charge in [-0.05, 0) is 12.3 Å². The van der Waals surface area contributed by atoms with Gasteiger partial charge in [0, 0.05) is 12.5 Å². The first-order chi connectivity index (χ1) is 9.20. The number of hydrogen-bond donors (Lipinski definition) is 2. The topological polar surface area (TPSA) is 49.7 Å². The fraction of sp³-hybridized carbons (Fsp3) is 0.750. The third kappa shape index (κ3) is 13.3. The third-order valence-electron chi connectivity index (χ3n) is 3.04. The predicted molar refractivity (Wildman–Crippen MR) is 78.5 cm³/mol. The van der Waals surface area contributed by atoms with Crippen LogP contribution in [0.3, 0.4) is 0 Å². The molecule has 0 unspecified atom stereocenters. The van der Waals surface area contributed by atoms with Gasteiger partial charge < -0.3 is 14.9 Å². The molecule has 0 spiro atoms. The van der Waals surface area contributed by atoms with Crippen LogP contribution in [0.5, 0.6) is 0 Å². The number of rotatable bonds is 10. The molecule has 0 rings (SSSR count). The number of hydrogen-bond acceptors (Lipinski definition) is 3. The van der Waals surface area contributed by atoms with Crippen LogP contribution in [0.2, 0.25) is 0 Å². The predicted octanol–water partition coefficient (Wildman–Crippen LogP) is 2.87. The summed E-state index contributed by atoms with van der Waals surface area (Å²) in [6, 6.07) is 0. The highest BCUT2D eigenvalue weighted by atomic mass is 16.5. The number of aliphatic hydroxyl groups excluding tert-OH is 2. The lowest BCUT2D eigenvalue weighted by Crippen LogP contribution is -2.17. The molecule has 0 aromatic carbocycles. The molecule has 2 atom stereocenters. The van der Waals surface area contributed by atoms with Crippen LogP contribution in [0.15, 0.2) is 12.3 Å². The van der Waals surface area contributed by atoms with Crippen molar-refractivity contribution in [3.05, 3.63) is 12.3 Å². The number of allylic oxidation sites excluding steroid dienone is 1. The minimum Gasteiger partial charge on any atom is -0.498 e. The molecule has 19 heavy (non-hydrogen) atoms. The molecule has 0 aliphatic rings. The van der Waals surface area contributed by atoms with E-state index in [2.05, 4.69) is 25.7 Å². The number of aliphatic hydroxyl groups is 2. The van der Waals surface area contributed by atoms with Gasteiger partial charge in [-0.15, -0.1) is 0 Å². The van der Waals surface area contributed by atoms with E-state index < -0.39 is 6.10 Å². The SMILES string of the molecule is CC[C@H](C)CCCCCC#C/C=C\OC[C@@H](O)CO. The van der Waals surface area contributed by atoms with Crippen LogP contribution in [-0.4, -0.2) is 29.5 Å². The Kier molecular flexibility index (Phi) is 12.8. The normalized spacial score (nSPS) is 13.9. The fourth-order valence-electron chi connectivity index (χ4n) is 1.52. The van der Waals surface area contributed by atoms with Gasteiger partial charge in [0.25, 0.3) is 0 Å². The summed E-state index contributed by atoms with van der Waals surface area (Å²) in [5, 5.41) is 17.5. The second-order valence-corrected chi connectivity index (χ2v) is 4.91. The van der Waals surface area contributed by atoms with E-state index in [0.717, 1.165) is 18.8 Å². The second-order valence-electron chi connectivity index (χ2n) is 4.91. The highest BCUT2D eigenvalue weighted by Crippen LogP contribution is 2.12. The van der Waals surface area contributed by atoms with Crippen molar-refractivity contribution in [2.75, 3.05) is 13.2 Å². The summed E-state index contributed by atoms with van der Waals surface area (Å²) < 4.78 is 4.98. The van der Waals surface area contributed by atoms with Crippen molar-refractivity contribution in [2.45, 2.75) is 58.5 Å². The molecule has 0 bridgehead atoms. The Morgan fingerprint density at radius 3 is 2.74 bits per heavy atom. The molecule has 0 heterocycles. The smallest absolute Gasteiger partial charge is 0.115 e. The summed E-state index contributed by atoms with van der Waals surface area (Å²) in [6.07, 6.45) is 9.49. The Morgan fingerprint density at radius 1 is 1.26 bits per heavy atom. The summed E-state index contributed by atoms with van der Waals surface area (Å²) in [4.78, 5) is 0. The molecule has 0 aliphatic heterocycles. The van der Waals surface area contributed by atoms with Crippen molar-refractivity contribution < 1.29 is 14.9 Å². The van der Waals surface area contributed by atoms with E-state index >= 15 is 0 Å². The molecule has 0 saturated heterocycles. The zero-order chi connectivity index (χ0) is 14.3. The first-order valence-corrected chi connectivity index (χ1v) is 7.24. The monoisotopic (exact) mass is 268 g/mol. The number of unbranched alkanes of at least 4 members (excludes halogenated alkanes) is 3. The van der Waals surface area contributed by atoms with Crippen molar-refractivity contribution in [3.8, 4) is 11.8 Å². The standard InChI is InChI=1S/C16H28O3/c1-3-15(2)11-9-7-5-4-6-8-10-12-19-14-16(18)13-17/h10,12,15-18H,3-5,7,9,11,13-14H2,1-2H3/b12-10-/t15-,16-/m0/s1. The largest absolute Gasteiger partial charge is 0.498 e. The van der Waals surface area contributed by atoms with Gasteiger partial charge in [-0.25, -0.2) is 0 Å². The van der Waals surface area contributed by atoms with Crippen LogP contribution < -0.4 is 0 Å². The molecule has 3 nitrogen and oxygen atoms in total. The van der Waals surface area contributed by atoms with E-state index in [1.165, 1.54) is 31.9 Å². The van der Waals surface area contributed by atoms with Crippen molar-refractivity contribution in [1.82, 2.24) is 0 Å². The van der Waals surface area contributed by atoms with Crippen LogP contribution in [0.25, 0.3) is 0 Å². The Morgan fingerprint density at radius 2 is 2.05 bits per heavy atom. The summed E-state index contributed by atoms with van der Waals surface area (Å²) in [5.41, 5.74) is 0. The average Bonchev–Trinajstić information content (AvgIpc) is 2.43. The highest BCUT2D eigenvalue weighted by molar-refractivity contribution is 5.13. The molecule has 0 amide bonds. The fourth-order valence-corrected chi connectivity index (χ4v) is 1.52. The second kappa shape index (κ2) is 13.5. The highest BCUT2D eigenvalue weighted by Gasteiger charge is 1.98. The first kappa shape index (κ1) is 18.0. The van der Waals surface area contributed by atoms with Gasteiger partial charge in [-0.2, -0.15) is 0 Å². The Balaban J connectivity index is 3.37. The maximum absolute atomic E-state index is 8.99. The summed E-state index contributed by atoms with van der Waals surface area (Å²) in [7, 11) is 0. The maximum atomic E-state index is 8.99. The lowest BCUT2D eigenvalue weighted by molar-refractivity contribution is 0.0385. The van der Waals surface area contributed by atoms with Gasteiger partial charge in [-0.1, -0.05) is 51.4 Å². The number of ether oxygens (including phenoxy) is 1. The summed E-state index contributed by atoms with van der Waals surface area (Å²) in [5.74, 6) is 6.80. The molecule has 2 N–H and O–H groups in total. The van der Waals surface area contributed by atoms with Crippen molar-refractivity contribution in [3.63, 3.8) is 0 Å². The minimum atomic E-state index is -0.817. The van der Waals surface area contributed by atoms with Gasteiger partial charge in [0.05, 0.1) is 12.9 Å². The van der Waals surface area contributed by atoms with E-state index in [1.807, 2.05) is 0 Å². The lowest BCUT2D eigenvalue weighted by atomic mass is 10.0. The summed E-state index contributed by atoms with van der Waals surface area (Å²) >= 11 is 0. The average molecular weight is 268 g/mol. The van der Waals surface area contributed by atoms with E-state index in [1.54, 1.807) is 6.08 Å². The Labute approximate surface area is 117 Å². The van der Waals surface area contributed by atoms with Crippen LogP contribution in [0.1, 0.15) is 52.4 Å². The molecular formula is C16H28O3. The molecule has 110 valence electrons.